The maximum Gasteiger partial charge on any atom is 0.343 e. The van der Waals surface area contributed by atoms with Crippen LogP contribution in [0.4, 0.5) is 0 Å². The Kier molecular flexibility index (Phi) is 5.28. The summed E-state index contributed by atoms with van der Waals surface area (Å²) in [5, 5.41) is 3.04. The van der Waals surface area contributed by atoms with Crippen LogP contribution in [0.2, 0.25) is 0 Å². The average molecular weight is 288 g/mol. The number of hydrogen-bond acceptors (Lipinski definition) is 4. The molecule has 0 atom stereocenters. The maximum absolute atomic E-state index is 10.9. The number of rotatable bonds is 5. The van der Waals surface area contributed by atoms with Crippen LogP contribution in [0.15, 0.2) is 22.7 Å². The normalized spacial score (nSPS) is 9.94. The van der Waals surface area contributed by atoms with Crippen molar-refractivity contribution in [3.05, 3.63) is 28.2 Å². The molecule has 0 unspecified atom stereocenters. The minimum Gasteiger partial charge on any atom is -0.482 e. The number of hydrogen-bond donors (Lipinski definition) is 1. The molecule has 0 heterocycles. The van der Waals surface area contributed by atoms with E-state index in [0.29, 0.717) is 12.3 Å². The number of carbonyl (C=O) groups excluding carboxylic acids is 1. The van der Waals surface area contributed by atoms with E-state index in [-0.39, 0.29) is 6.61 Å². The molecule has 1 rings (SSSR count). The highest BCUT2D eigenvalue weighted by molar-refractivity contribution is 9.10. The molecule has 5 heteroatoms. The minimum atomic E-state index is -0.390. The van der Waals surface area contributed by atoms with Gasteiger partial charge in [0.1, 0.15) is 5.75 Å². The number of halogens is 1. The third-order valence-electron chi connectivity index (χ3n) is 1.96. The minimum absolute atomic E-state index is 0.0746. The van der Waals surface area contributed by atoms with E-state index in [2.05, 4.69) is 26.0 Å². The fourth-order valence-corrected chi connectivity index (χ4v) is 1.62. The molecule has 16 heavy (non-hydrogen) atoms. The first-order chi connectivity index (χ1) is 7.67. The standard InChI is InChI=1S/C11H14BrNO3/c1-13-6-8-5-9(12)3-4-10(8)16-7-11(14)15-2/h3-5,13H,6-7H2,1-2H3. The summed E-state index contributed by atoms with van der Waals surface area (Å²) in [6, 6.07) is 5.63. The molecule has 1 aromatic carbocycles. The van der Waals surface area contributed by atoms with E-state index in [0.717, 1.165) is 10.0 Å². The van der Waals surface area contributed by atoms with E-state index in [9.17, 15) is 4.79 Å². The molecule has 0 aliphatic heterocycles. The Morgan fingerprint density at radius 2 is 2.25 bits per heavy atom. The number of nitrogens with one attached hydrogen (secondary N) is 1. The number of ether oxygens (including phenoxy) is 2. The summed E-state index contributed by atoms with van der Waals surface area (Å²) in [6.45, 7) is 0.602. The molecular weight excluding hydrogens is 274 g/mol. The Bertz CT molecular complexity index is 368. The van der Waals surface area contributed by atoms with Crippen LogP contribution in [-0.4, -0.2) is 26.7 Å². The van der Waals surface area contributed by atoms with Gasteiger partial charge in [-0.25, -0.2) is 4.79 Å². The average Bonchev–Trinajstić information content (AvgIpc) is 2.28. The van der Waals surface area contributed by atoms with Gasteiger partial charge in [-0.15, -0.1) is 0 Å². The summed E-state index contributed by atoms with van der Waals surface area (Å²) in [5.41, 5.74) is 0.987. The van der Waals surface area contributed by atoms with Crippen LogP contribution in [0, 0.1) is 0 Å². The van der Waals surface area contributed by atoms with E-state index in [4.69, 9.17) is 4.74 Å². The molecule has 0 aliphatic carbocycles. The van der Waals surface area contributed by atoms with E-state index in [1.165, 1.54) is 7.11 Å². The second kappa shape index (κ2) is 6.50. The number of benzene rings is 1. The van der Waals surface area contributed by atoms with Gasteiger partial charge in [-0.2, -0.15) is 0 Å². The van der Waals surface area contributed by atoms with Crippen molar-refractivity contribution in [1.29, 1.82) is 0 Å². The van der Waals surface area contributed by atoms with Crippen LogP contribution in [0.3, 0.4) is 0 Å². The van der Waals surface area contributed by atoms with E-state index in [1.54, 1.807) is 0 Å². The van der Waals surface area contributed by atoms with Crippen LogP contribution in [-0.2, 0) is 16.1 Å². The fourth-order valence-electron chi connectivity index (χ4n) is 1.21. The lowest BCUT2D eigenvalue weighted by atomic mass is 10.2. The molecular formula is C11H14BrNO3. The summed E-state index contributed by atoms with van der Waals surface area (Å²) in [7, 11) is 3.19. The molecule has 88 valence electrons. The van der Waals surface area contributed by atoms with Crippen LogP contribution in [0.25, 0.3) is 0 Å². The summed E-state index contributed by atoms with van der Waals surface area (Å²) in [6.07, 6.45) is 0. The van der Waals surface area contributed by atoms with Gasteiger partial charge in [0.25, 0.3) is 0 Å². The molecule has 1 N–H and O–H groups in total. The Hall–Kier alpha value is -1.07. The van der Waals surface area contributed by atoms with Gasteiger partial charge in [-0.05, 0) is 25.2 Å². The molecule has 0 saturated heterocycles. The van der Waals surface area contributed by atoms with Gasteiger partial charge < -0.3 is 14.8 Å². The third-order valence-corrected chi connectivity index (χ3v) is 2.46. The molecule has 0 aromatic heterocycles. The van der Waals surface area contributed by atoms with Crippen molar-refractivity contribution in [2.45, 2.75) is 6.54 Å². The van der Waals surface area contributed by atoms with Crippen molar-refractivity contribution in [1.82, 2.24) is 5.32 Å². The molecule has 0 radical (unpaired) electrons. The van der Waals surface area contributed by atoms with Crippen molar-refractivity contribution in [3.63, 3.8) is 0 Å². The van der Waals surface area contributed by atoms with Crippen LogP contribution >= 0.6 is 15.9 Å². The molecule has 0 amide bonds. The predicted molar refractivity (Wildman–Crippen MR) is 64.4 cm³/mol. The molecule has 0 spiro atoms. The van der Waals surface area contributed by atoms with Crippen LogP contribution in [0.5, 0.6) is 5.75 Å². The zero-order valence-corrected chi connectivity index (χ0v) is 10.8. The monoisotopic (exact) mass is 287 g/mol. The Balaban J connectivity index is 2.73. The van der Waals surface area contributed by atoms with E-state index >= 15 is 0 Å². The molecule has 0 bridgehead atoms. The summed E-state index contributed by atoms with van der Waals surface area (Å²) < 4.78 is 10.8. The van der Waals surface area contributed by atoms with Gasteiger partial charge in [-0.3, -0.25) is 0 Å². The SMILES string of the molecule is CNCc1cc(Br)ccc1OCC(=O)OC. The lowest BCUT2D eigenvalue weighted by Gasteiger charge is -2.10. The summed E-state index contributed by atoms with van der Waals surface area (Å²) in [4.78, 5) is 10.9. The largest absolute Gasteiger partial charge is 0.482 e. The van der Waals surface area contributed by atoms with Crippen molar-refractivity contribution < 1.29 is 14.3 Å². The van der Waals surface area contributed by atoms with Gasteiger partial charge in [0.05, 0.1) is 7.11 Å². The van der Waals surface area contributed by atoms with Crippen molar-refractivity contribution in [2.24, 2.45) is 0 Å². The second-order valence-electron chi connectivity index (χ2n) is 3.15. The molecule has 0 fully saturated rings. The van der Waals surface area contributed by atoms with E-state index < -0.39 is 5.97 Å². The first-order valence-corrected chi connectivity index (χ1v) is 5.59. The van der Waals surface area contributed by atoms with Crippen LogP contribution in [0.1, 0.15) is 5.56 Å². The molecule has 1 aromatic rings. The lowest BCUT2D eigenvalue weighted by Crippen LogP contribution is -2.14. The van der Waals surface area contributed by atoms with Crippen molar-refractivity contribution >= 4 is 21.9 Å². The zero-order chi connectivity index (χ0) is 12.0. The Morgan fingerprint density at radius 3 is 2.88 bits per heavy atom. The topological polar surface area (TPSA) is 47.6 Å². The number of carbonyl (C=O) groups is 1. The van der Waals surface area contributed by atoms with Gasteiger partial charge in [0, 0.05) is 16.6 Å². The number of esters is 1. The maximum atomic E-state index is 10.9. The van der Waals surface area contributed by atoms with E-state index in [1.807, 2.05) is 25.2 Å². The second-order valence-corrected chi connectivity index (χ2v) is 4.06. The highest BCUT2D eigenvalue weighted by atomic mass is 79.9. The summed E-state index contributed by atoms with van der Waals surface area (Å²) >= 11 is 3.39. The first kappa shape index (κ1) is 13.0. The summed E-state index contributed by atoms with van der Waals surface area (Å²) in [5.74, 6) is 0.293. The predicted octanol–water partition coefficient (Wildman–Crippen LogP) is 1.72. The third kappa shape index (κ3) is 3.83. The molecule has 0 aliphatic rings. The zero-order valence-electron chi connectivity index (χ0n) is 9.25. The number of methoxy groups -OCH3 is 1. The highest BCUT2D eigenvalue weighted by Gasteiger charge is 2.06. The van der Waals surface area contributed by atoms with Gasteiger partial charge in [-0.1, -0.05) is 15.9 Å². The lowest BCUT2D eigenvalue weighted by molar-refractivity contribution is -0.142. The first-order valence-electron chi connectivity index (χ1n) is 4.80. The van der Waals surface area contributed by atoms with Crippen molar-refractivity contribution in [2.75, 3.05) is 20.8 Å². The molecule has 4 nitrogen and oxygen atoms in total. The Morgan fingerprint density at radius 1 is 1.50 bits per heavy atom. The fraction of sp³-hybridized carbons (Fsp3) is 0.364. The van der Waals surface area contributed by atoms with Gasteiger partial charge in [0.2, 0.25) is 0 Å². The van der Waals surface area contributed by atoms with Gasteiger partial charge >= 0.3 is 5.97 Å². The smallest absolute Gasteiger partial charge is 0.343 e. The highest BCUT2D eigenvalue weighted by Crippen LogP contribution is 2.23. The Labute approximate surface area is 103 Å². The van der Waals surface area contributed by atoms with Gasteiger partial charge in [0.15, 0.2) is 6.61 Å². The molecule has 0 saturated carbocycles. The van der Waals surface area contributed by atoms with Crippen LogP contribution < -0.4 is 10.1 Å². The van der Waals surface area contributed by atoms with Crippen molar-refractivity contribution in [3.8, 4) is 5.75 Å². The quantitative estimate of drug-likeness (QED) is 0.838.